The Morgan fingerprint density at radius 2 is 2.50 bits per heavy atom. The lowest BCUT2D eigenvalue weighted by molar-refractivity contribution is 0.387. The van der Waals surface area contributed by atoms with E-state index in [9.17, 15) is 0 Å². The maximum Gasteiger partial charge on any atom is 0.248 e. The van der Waals surface area contributed by atoms with Crippen molar-refractivity contribution in [1.29, 1.82) is 0 Å². The molecule has 0 aromatic carbocycles. The number of rotatable bonds is 1. The molecule has 1 N–H and O–H groups in total. The number of ether oxygens (including phenoxy) is 1. The molecule has 0 saturated heterocycles. The second kappa shape index (κ2) is 1.95. The molecular formula is C3H4N3OS. The summed E-state index contributed by atoms with van der Waals surface area (Å²) in [6, 6.07) is 0. The highest BCUT2D eigenvalue weighted by Gasteiger charge is 1.99. The monoisotopic (exact) mass is 130 g/mol. The number of nitrogens with zero attached hydrogens (tertiary/aromatic N) is 2. The fraction of sp³-hybridized carbons (Fsp3) is 0.333. The van der Waals surface area contributed by atoms with Crippen molar-refractivity contribution in [3.8, 4) is 5.88 Å². The number of nitrogens with one attached hydrogen (secondary N) is 1. The normalized spacial score (nSPS) is 9.12. The van der Waals surface area contributed by atoms with Gasteiger partial charge in [0.1, 0.15) is 0 Å². The van der Waals surface area contributed by atoms with E-state index in [1.165, 1.54) is 7.11 Å². The summed E-state index contributed by atoms with van der Waals surface area (Å²) in [7, 11) is 1.50. The second-order valence-electron chi connectivity index (χ2n) is 1.15. The zero-order valence-electron chi connectivity index (χ0n) is 4.21. The standard InChI is InChI=1S/C3H4N3OS/c1-7-2-3(8)5-6-4-2/h1H3,(H,4,5,6). The molecule has 0 fully saturated rings. The summed E-state index contributed by atoms with van der Waals surface area (Å²) in [4.78, 5) is 0. The molecule has 5 heteroatoms. The number of hydrogen-bond donors (Lipinski definition) is 1. The Morgan fingerprint density at radius 1 is 1.75 bits per heavy atom. The van der Waals surface area contributed by atoms with E-state index in [0.29, 0.717) is 10.9 Å². The van der Waals surface area contributed by atoms with Crippen LogP contribution >= 0.6 is 12.6 Å². The molecule has 0 saturated carbocycles. The van der Waals surface area contributed by atoms with E-state index in [0.717, 1.165) is 0 Å². The third-order valence-corrected chi connectivity index (χ3v) is 0.958. The molecule has 0 bridgehead atoms. The molecule has 0 atom stereocenters. The van der Waals surface area contributed by atoms with Crippen molar-refractivity contribution in [3.63, 3.8) is 0 Å². The Morgan fingerprint density at radius 3 is 2.75 bits per heavy atom. The van der Waals surface area contributed by atoms with Gasteiger partial charge in [0, 0.05) is 0 Å². The highest BCUT2D eigenvalue weighted by molar-refractivity contribution is 7.80. The summed E-state index contributed by atoms with van der Waals surface area (Å²) < 4.78 is 4.70. The first kappa shape index (κ1) is 5.30. The summed E-state index contributed by atoms with van der Waals surface area (Å²) >= 11 is 4.65. The molecule has 43 valence electrons. The van der Waals surface area contributed by atoms with Gasteiger partial charge in [-0.05, 0) is 0 Å². The molecule has 1 heterocycles. The third-order valence-electron chi connectivity index (χ3n) is 0.691. The van der Waals surface area contributed by atoms with E-state index in [2.05, 4.69) is 28.0 Å². The van der Waals surface area contributed by atoms with Crippen molar-refractivity contribution in [2.24, 2.45) is 0 Å². The summed E-state index contributed by atoms with van der Waals surface area (Å²) in [6.07, 6.45) is 0. The van der Waals surface area contributed by atoms with Crippen LogP contribution in [0.15, 0.2) is 5.03 Å². The SMILES string of the molecule is COc1[nH]nnc1[S]. The molecule has 0 aliphatic carbocycles. The molecule has 1 rings (SSSR count). The summed E-state index contributed by atoms with van der Waals surface area (Å²) in [5.41, 5.74) is 0. The first-order chi connectivity index (χ1) is 3.84. The molecule has 0 aliphatic heterocycles. The van der Waals surface area contributed by atoms with Crippen LogP contribution < -0.4 is 4.74 Å². The topological polar surface area (TPSA) is 50.8 Å². The van der Waals surface area contributed by atoms with Crippen LogP contribution in [0, 0.1) is 0 Å². The average Bonchev–Trinajstić information content (AvgIpc) is 2.14. The lowest BCUT2D eigenvalue weighted by atomic mass is 10.8. The first-order valence-electron chi connectivity index (χ1n) is 1.96. The number of aromatic amines is 1. The Labute approximate surface area is 51.7 Å². The predicted molar refractivity (Wildman–Crippen MR) is 28.8 cm³/mol. The third kappa shape index (κ3) is 0.717. The van der Waals surface area contributed by atoms with Gasteiger partial charge in [-0.3, -0.25) is 0 Å². The molecule has 8 heavy (non-hydrogen) atoms. The van der Waals surface area contributed by atoms with Crippen LogP contribution in [-0.4, -0.2) is 22.5 Å². The highest BCUT2D eigenvalue weighted by Crippen LogP contribution is 2.12. The van der Waals surface area contributed by atoms with E-state index in [-0.39, 0.29) is 0 Å². The van der Waals surface area contributed by atoms with Gasteiger partial charge in [0.05, 0.1) is 7.11 Å². The van der Waals surface area contributed by atoms with Crippen molar-refractivity contribution < 1.29 is 4.74 Å². The molecule has 0 aliphatic rings. The first-order valence-corrected chi connectivity index (χ1v) is 2.37. The molecule has 1 aromatic rings. The minimum Gasteiger partial charge on any atom is -0.479 e. The van der Waals surface area contributed by atoms with Gasteiger partial charge in [-0.2, -0.15) is 0 Å². The minimum absolute atomic E-state index is 0.368. The average molecular weight is 130 g/mol. The number of H-pyrrole nitrogens is 1. The fourth-order valence-electron chi connectivity index (χ4n) is 0.342. The van der Waals surface area contributed by atoms with Gasteiger partial charge in [-0.25, -0.2) is 5.10 Å². The van der Waals surface area contributed by atoms with Crippen LogP contribution in [0.2, 0.25) is 0 Å². The Hall–Kier alpha value is -0.840. The Balaban J connectivity index is 2.92. The quantitative estimate of drug-likeness (QED) is 0.597. The van der Waals surface area contributed by atoms with Gasteiger partial charge in [0.2, 0.25) is 10.9 Å². The van der Waals surface area contributed by atoms with Crippen LogP contribution in [0.5, 0.6) is 5.88 Å². The molecule has 1 radical (unpaired) electrons. The number of methoxy groups -OCH3 is 1. The molecule has 1 aromatic heterocycles. The van der Waals surface area contributed by atoms with Gasteiger partial charge >= 0.3 is 0 Å². The number of hydrogen-bond acceptors (Lipinski definition) is 3. The van der Waals surface area contributed by atoms with E-state index in [1.54, 1.807) is 0 Å². The smallest absolute Gasteiger partial charge is 0.248 e. The second-order valence-corrected chi connectivity index (χ2v) is 1.54. The zero-order chi connectivity index (χ0) is 5.98. The molecule has 0 spiro atoms. The largest absolute Gasteiger partial charge is 0.479 e. The predicted octanol–water partition coefficient (Wildman–Crippen LogP) is 0.370. The van der Waals surface area contributed by atoms with Crippen molar-refractivity contribution in [2.75, 3.05) is 7.11 Å². The van der Waals surface area contributed by atoms with E-state index in [4.69, 9.17) is 4.74 Å². The van der Waals surface area contributed by atoms with Gasteiger partial charge in [0.15, 0.2) is 0 Å². The lowest BCUT2D eigenvalue weighted by Gasteiger charge is -1.88. The van der Waals surface area contributed by atoms with E-state index >= 15 is 0 Å². The van der Waals surface area contributed by atoms with E-state index < -0.39 is 0 Å². The Kier molecular flexibility index (Phi) is 1.29. The van der Waals surface area contributed by atoms with Gasteiger partial charge in [-0.15, -0.1) is 5.10 Å². The van der Waals surface area contributed by atoms with Gasteiger partial charge in [-0.1, -0.05) is 17.8 Å². The van der Waals surface area contributed by atoms with Crippen LogP contribution in [0.1, 0.15) is 0 Å². The van der Waals surface area contributed by atoms with Crippen molar-refractivity contribution in [1.82, 2.24) is 15.4 Å². The summed E-state index contributed by atoms with van der Waals surface area (Å²) in [5, 5.41) is 9.70. The zero-order valence-corrected chi connectivity index (χ0v) is 5.03. The maximum atomic E-state index is 4.70. The minimum atomic E-state index is 0.368. The van der Waals surface area contributed by atoms with E-state index in [1.807, 2.05) is 0 Å². The summed E-state index contributed by atoms with van der Waals surface area (Å²) in [6.45, 7) is 0. The van der Waals surface area contributed by atoms with Gasteiger partial charge in [0.25, 0.3) is 0 Å². The molecular weight excluding hydrogens is 126 g/mol. The molecule has 4 nitrogen and oxygen atoms in total. The Bertz CT molecular complexity index is 175. The van der Waals surface area contributed by atoms with Crippen LogP contribution in [0.4, 0.5) is 0 Å². The molecule has 0 amide bonds. The molecule has 0 unspecified atom stereocenters. The number of aromatic nitrogens is 3. The van der Waals surface area contributed by atoms with Crippen LogP contribution in [0.3, 0.4) is 0 Å². The fourth-order valence-corrected chi connectivity index (χ4v) is 0.512. The lowest BCUT2D eigenvalue weighted by Crippen LogP contribution is -1.81. The maximum absolute atomic E-state index is 4.70. The van der Waals surface area contributed by atoms with Gasteiger partial charge < -0.3 is 4.74 Å². The summed E-state index contributed by atoms with van der Waals surface area (Å²) in [5.74, 6) is 0.444. The van der Waals surface area contributed by atoms with Crippen molar-refractivity contribution >= 4 is 12.6 Å². The van der Waals surface area contributed by atoms with Crippen LogP contribution in [-0.2, 0) is 0 Å². The van der Waals surface area contributed by atoms with Crippen molar-refractivity contribution in [2.45, 2.75) is 5.03 Å². The van der Waals surface area contributed by atoms with Crippen LogP contribution in [0.25, 0.3) is 0 Å². The highest BCUT2D eigenvalue weighted by atomic mass is 32.1. The van der Waals surface area contributed by atoms with Crippen molar-refractivity contribution in [3.05, 3.63) is 0 Å².